The van der Waals surface area contributed by atoms with Gasteiger partial charge in [0, 0.05) is 84.0 Å². The number of aryl methyl sites for hydroxylation is 3. The Labute approximate surface area is 445 Å². The lowest BCUT2D eigenvalue weighted by Gasteiger charge is -2.44. The van der Waals surface area contributed by atoms with Crippen molar-refractivity contribution in [1.82, 2.24) is 19.9 Å². The van der Waals surface area contributed by atoms with Crippen molar-refractivity contribution in [3.63, 3.8) is 0 Å². The summed E-state index contributed by atoms with van der Waals surface area (Å²) in [7, 11) is 3.29. The van der Waals surface area contributed by atoms with Crippen molar-refractivity contribution in [2.45, 2.75) is 32.6 Å². The molecule has 8 heteroatoms. The van der Waals surface area contributed by atoms with Gasteiger partial charge in [-0.25, -0.2) is 9.97 Å². The number of hydrogen-bond acceptors (Lipinski definition) is 6. The highest BCUT2D eigenvalue weighted by molar-refractivity contribution is 6.39. The molecule has 2 N–H and O–H groups in total. The molecule has 0 saturated heterocycles. The van der Waals surface area contributed by atoms with Crippen molar-refractivity contribution in [2.75, 3.05) is 14.2 Å². The molecule has 0 fully saturated rings. The van der Waals surface area contributed by atoms with Gasteiger partial charge in [-0.15, -0.1) is 0 Å². The number of rotatable bonds is 7. The van der Waals surface area contributed by atoms with E-state index in [1.54, 1.807) is 14.2 Å². The Bertz CT molecular complexity index is 4290. The minimum Gasteiger partial charge on any atom is -0.496 e. The second-order valence-electron chi connectivity index (χ2n) is 20.5. The van der Waals surface area contributed by atoms with Crippen molar-refractivity contribution in [2.24, 2.45) is 0 Å². The maximum Gasteiger partial charge on any atom is 0.191 e. The molecule has 2 atom stereocenters. The van der Waals surface area contributed by atoms with Crippen LogP contribution in [0.1, 0.15) is 79.1 Å². The first-order valence-electron chi connectivity index (χ1n) is 26.0. The zero-order chi connectivity index (χ0) is 52.2. The molecule has 0 amide bonds. The quantitative estimate of drug-likeness (QED) is 0.154. The molecule has 370 valence electrons. The van der Waals surface area contributed by atoms with Crippen LogP contribution in [0.15, 0.2) is 175 Å². The lowest BCUT2D eigenvalue weighted by molar-refractivity contribution is -0.115. The molecule has 0 radical (unpaired) electrons. The first kappa shape index (κ1) is 45.9. The van der Waals surface area contributed by atoms with Crippen molar-refractivity contribution in [3.8, 4) is 56.0 Å². The first-order valence-corrected chi connectivity index (χ1v) is 26.0. The highest BCUT2D eigenvalue weighted by Crippen LogP contribution is 2.62. The van der Waals surface area contributed by atoms with Crippen molar-refractivity contribution in [1.29, 1.82) is 0 Å². The number of H-pyrrole nitrogens is 2. The summed E-state index contributed by atoms with van der Waals surface area (Å²) in [5, 5.41) is 0. The van der Waals surface area contributed by atoms with Crippen molar-refractivity contribution >= 4 is 63.5 Å². The number of carbonyl (C=O) groups excluding carboxylic acids is 2. The SMILES string of the molecule is COc1ccc(OC)c2c1C1C3=C(C(=O)C(c4ccc(-c5c6nc(c(-c7ccc(C)cc7)c7ccc([nH]7)c(-c7ccc(C)cc7)c7nc(c(-c8ccc(C)cc8)c8ccc5[nH]8)C=C7)C=C6)cc4)=CC3=O)C2c2ccccc21. The third kappa shape index (κ3) is 7.27. The van der Waals surface area contributed by atoms with Crippen LogP contribution in [0.5, 0.6) is 11.5 Å². The number of ether oxygens (including phenoxy) is 2. The van der Waals surface area contributed by atoms with Gasteiger partial charge in [-0.3, -0.25) is 9.59 Å². The summed E-state index contributed by atoms with van der Waals surface area (Å²) in [6.45, 7) is 6.31. The van der Waals surface area contributed by atoms with Crippen LogP contribution in [0, 0.1) is 20.8 Å². The lowest BCUT2D eigenvalue weighted by Crippen LogP contribution is -2.36. The maximum absolute atomic E-state index is 15.3. The van der Waals surface area contributed by atoms with Crippen LogP contribution >= 0.6 is 0 Å². The van der Waals surface area contributed by atoms with Gasteiger partial charge in [0.2, 0.25) is 0 Å². The molecule has 0 saturated carbocycles. The Kier molecular flexibility index (Phi) is 10.6. The highest BCUT2D eigenvalue weighted by Gasteiger charge is 2.51. The molecule has 2 aliphatic heterocycles. The van der Waals surface area contributed by atoms with Gasteiger partial charge in [0.25, 0.3) is 0 Å². The predicted molar refractivity (Wildman–Crippen MR) is 310 cm³/mol. The number of aromatic nitrogens is 4. The standard InChI is InChI=1S/C69H50N4O4/c1-37-10-16-41(17-11-37)59-48-26-28-50(70-48)60(42-18-12-38(2)13-19-42)52-30-32-54(72-52)62(55-33-31-53(73-55)61(51-29-27-49(59)71-51)43-20-14-39(3)15-21-43)44-24-22-40(23-25-44)47-36-56(74)65-63-45-8-6-7-9-46(45)64(68(65)69(47)75)67-58(77-5)35-34-57(76-4)66(63)67/h6-36,63-64,70,73H,1-5H3. The Balaban J connectivity index is 0.969. The first-order chi connectivity index (χ1) is 37.6. The Hall–Kier alpha value is -9.66. The van der Waals surface area contributed by atoms with E-state index >= 15 is 4.79 Å². The number of aromatic amines is 2. The second kappa shape index (κ2) is 17.7. The maximum atomic E-state index is 15.3. The molecule has 77 heavy (non-hydrogen) atoms. The minimum absolute atomic E-state index is 0.167. The number of nitrogens with one attached hydrogen (secondary N) is 2. The number of fused-ring (bicyclic) bond motifs is 8. The average Bonchev–Trinajstić information content (AvgIpc) is 4.45. The summed E-state index contributed by atoms with van der Waals surface area (Å²) >= 11 is 0. The lowest BCUT2D eigenvalue weighted by atomic mass is 9.57. The molecule has 3 aromatic heterocycles. The van der Waals surface area contributed by atoms with Gasteiger partial charge >= 0.3 is 0 Å². The van der Waals surface area contributed by atoms with Gasteiger partial charge in [-0.05, 0) is 126 Å². The van der Waals surface area contributed by atoms with E-state index < -0.39 is 11.8 Å². The van der Waals surface area contributed by atoms with E-state index in [1.165, 1.54) is 11.6 Å². The molecule has 4 aliphatic carbocycles. The van der Waals surface area contributed by atoms with Crippen LogP contribution in [0.4, 0.5) is 0 Å². The molecule has 6 aliphatic rings. The topological polar surface area (TPSA) is 110 Å². The van der Waals surface area contributed by atoms with E-state index in [-0.39, 0.29) is 11.6 Å². The molecule has 9 aromatic rings. The van der Waals surface area contributed by atoms with Crippen LogP contribution in [0.3, 0.4) is 0 Å². The van der Waals surface area contributed by atoms with E-state index in [2.05, 4.69) is 164 Å². The molecule has 6 aromatic carbocycles. The van der Waals surface area contributed by atoms with Gasteiger partial charge in [0.15, 0.2) is 11.6 Å². The fourth-order valence-electron chi connectivity index (χ4n) is 12.4. The van der Waals surface area contributed by atoms with E-state index in [0.29, 0.717) is 33.8 Å². The number of carbonyl (C=O) groups is 2. The largest absolute Gasteiger partial charge is 0.496 e. The number of nitrogens with zero attached hydrogens (tertiary/aromatic N) is 2. The number of hydrogen-bond donors (Lipinski definition) is 2. The van der Waals surface area contributed by atoms with Gasteiger partial charge in [-0.2, -0.15) is 0 Å². The number of methoxy groups -OCH3 is 2. The summed E-state index contributed by atoms with van der Waals surface area (Å²) < 4.78 is 11.9. The fourth-order valence-corrected chi connectivity index (χ4v) is 12.4. The van der Waals surface area contributed by atoms with Gasteiger partial charge < -0.3 is 19.4 Å². The van der Waals surface area contributed by atoms with Crippen molar-refractivity contribution in [3.05, 3.63) is 242 Å². The molecule has 5 heterocycles. The summed E-state index contributed by atoms with van der Waals surface area (Å²) in [6, 6.07) is 54.2. The second-order valence-corrected chi connectivity index (χ2v) is 20.5. The number of allylic oxidation sites excluding steroid dienone is 4. The molecule has 15 rings (SSSR count). The van der Waals surface area contributed by atoms with Crippen LogP contribution in [-0.4, -0.2) is 45.7 Å². The third-order valence-electron chi connectivity index (χ3n) is 16.0. The summed E-state index contributed by atoms with van der Waals surface area (Å²) in [5.41, 5.74) is 23.9. The fraction of sp³-hybridized carbons (Fsp3) is 0.101. The molecular weight excluding hydrogens is 949 g/mol. The molecule has 0 spiro atoms. The molecular formula is C69H50N4O4. The van der Waals surface area contributed by atoms with Crippen LogP contribution in [0.25, 0.3) is 96.5 Å². The molecule has 2 unspecified atom stereocenters. The summed E-state index contributed by atoms with van der Waals surface area (Å²) in [5.74, 6) is -0.00720. The third-order valence-corrected chi connectivity index (χ3v) is 16.0. The smallest absolute Gasteiger partial charge is 0.191 e. The minimum atomic E-state index is -0.511. The van der Waals surface area contributed by atoms with Gasteiger partial charge in [0.1, 0.15) is 11.5 Å². The number of benzene rings is 6. The zero-order valence-corrected chi connectivity index (χ0v) is 43.1. The summed E-state index contributed by atoms with van der Waals surface area (Å²) in [4.78, 5) is 48.7. The molecule has 10 bridgehead atoms. The summed E-state index contributed by atoms with van der Waals surface area (Å²) in [6.07, 6.45) is 9.96. The van der Waals surface area contributed by atoms with Crippen LogP contribution in [0.2, 0.25) is 0 Å². The highest BCUT2D eigenvalue weighted by atomic mass is 16.5. The van der Waals surface area contributed by atoms with E-state index in [1.807, 2.05) is 48.5 Å². The normalized spacial score (nSPS) is 15.8. The van der Waals surface area contributed by atoms with E-state index in [4.69, 9.17) is 19.4 Å². The average molecular weight is 999 g/mol. The Morgan fingerprint density at radius 2 is 0.740 bits per heavy atom. The van der Waals surface area contributed by atoms with E-state index in [0.717, 1.165) is 123 Å². The van der Waals surface area contributed by atoms with Crippen LogP contribution < -0.4 is 9.47 Å². The Morgan fingerprint density at radius 3 is 1.10 bits per heavy atom. The van der Waals surface area contributed by atoms with Gasteiger partial charge in [-0.1, -0.05) is 138 Å². The number of Topliss-reactive ketones (excluding diaryl/α,β-unsaturated/α-hetero) is 1. The Morgan fingerprint density at radius 1 is 0.403 bits per heavy atom. The predicted octanol–water partition coefficient (Wildman–Crippen LogP) is 15.4. The van der Waals surface area contributed by atoms with Crippen molar-refractivity contribution < 1.29 is 19.1 Å². The molecule has 8 nitrogen and oxygen atoms in total. The zero-order valence-electron chi connectivity index (χ0n) is 43.1. The number of ketones is 2. The van der Waals surface area contributed by atoms with Crippen LogP contribution in [-0.2, 0) is 9.59 Å². The van der Waals surface area contributed by atoms with Gasteiger partial charge in [0.05, 0.1) is 37.0 Å². The van der Waals surface area contributed by atoms with E-state index in [9.17, 15) is 4.79 Å². The monoisotopic (exact) mass is 998 g/mol.